The van der Waals surface area contributed by atoms with Gasteiger partial charge >= 0.3 is 24.3 Å². The van der Waals surface area contributed by atoms with E-state index in [0.29, 0.717) is 0 Å². The van der Waals surface area contributed by atoms with Gasteiger partial charge in [0.25, 0.3) is 5.56 Å². The second-order valence-corrected chi connectivity index (χ2v) is 9.87. The summed E-state index contributed by atoms with van der Waals surface area (Å²) in [4.78, 5) is 37.6. The third-order valence-electron chi connectivity index (χ3n) is 5.18. The number of aliphatic carboxylic acids is 2. The van der Waals surface area contributed by atoms with Crippen molar-refractivity contribution in [3.63, 3.8) is 0 Å². The Morgan fingerprint density at radius 3 is 1.92 bits per heavy atom. The number of thiophene rings is 1. The lowest BCUT2D eigenvalue weighted by molar-refractivity contribution is -0.193. The molecule has 1 aliphatic heterocycles. The molecule has 0 bridgehead atoms. The van der Waals surface area contributed by atoms with Crippen LogP contribution in [0.25, 0.3) is 0 Å². The first kappa shape index (κ1) is 33.1. The minimum Gasteiger partial charge on any atom is -0.475 e. The fraction of sp³-hybridized carbons (Fsp3) is 0.522. The number of hydrogen-bond acceptors (Lipinski definition) is 6. The minimum atomic E-state index is -5.08. The minimum absolute atomic E-state index is 0.137. The van der Waals surface area contributed by atoms with Crippen molar-refractivity contribution >= 4 is 23.3 Å². The molecule has 0 saturated carbocycles. The number of aromatic nitrogens is 1. The maximum absolute atomic E-state index is 12.3. The Labute approximate surface area is 218 Å². The molecule has 3 rings (SSSR count). The van der Waals surface area contributed by atoms with E-state index in [1.807, 2.05) is 22.0 Å². The number of nitrogens with zero attached hydrogens (tertiary/aromatic N) is 3. The van der Waals surface area contributed by atoms with Gasteiger partial charge in [-0.05, 0) is 45.1 Å². The van der Waals surface area contributed by atoms with Gasteiger partial charge in [-0.25, -0.2) is 9.59 Å². The standard InChI is InChI=1S/C19H27N3OS.2C2HF3O2/c1-15-4-6-17(24-15)14-21-10-8-16-5-7-19(23)22(13-12-20(2)3)18(16)9-11-21;2*3-2(4,5)1(6)7/h4-7H,8-14H2,1-3H3;2*(H,6,7). The molecule has 2 aromatic rings. The largest absolute Gasteiger partial charge is 0.490 e. The van der Waals surface area contributed by atoms with Crippen LogP contribution in [0.4, 0.5) is 26.3 Å². The molecule has 0 unspecified atom stereocenters. The van der Waals surface area contributed by atoms with Crippen LogP contribution >= 0.6 is 11.3 Å². The Morgan fingerprint density at radius 2 is 1.47 bits per heavy atom. The molecular formula is C23H29F6N3O5S. The summed E-state index contributed by atoms with van der Waals surface area (Å²) >= 11 is 1.89. The van der Waals surface area contributed by atoms with Crippen LogP contribution in [0.15, 0.2) is 29.1 Å². The fourth-order valence-corrected chi connectivity index (χ4v) is 4.27. The topological polar surface area (TPSA) is 103 Å². The summed E-state index contributed by atoms with van der Waals surface area (Å²) in [5.74, 6) is -5.51. The predicted molar refractivity (Wildman–Crippen MR) is 128 cm³/mol. The number of carboxylic acid groups (broad SMARTS) is 2. The number of hydrogen-bond donors (Lipinski definition) is 2. The molecule has 3 heterocycles. The van der Waals surface area contributed by atoms with Gasteiger partial charge in [-0.2, -0.15) is 26.3 Å². The van der Waals surface area contributed by atoms with Crippen LogP contribution < -0.4 is 5.56 Å². The highest BCUT2D eigenvalue weighted by Crippen LogP contribution is 2.20. The monoisotopic (exact) mass is 573 g/mol. The number of pyridine rings is 1. The predicted octanol–water partition coefficient (Wildman–Crippen LogP) is 3.65. The molecule has 1 aliphatic rings. The van der Waals surface area contributed by atoms with Gasteiger partial charge in [0.15, 0.2) is 0 Å². The molecule has 0 aliphatic carbocycles. The average molecular weight is 574 g/mol. The molecule has 2 N–H and O–H groups in total. The number of likely N-dealkylation sites (N-methyl/N-ethyl adjacent to an activating group) is 1. The summed E-state index contributed by atoms with van der Waals surface area (Å²) in [5.41, 5.74) is 2.73. The average Bonchev–Trinajstić information content (AvgIpc) is 3.08. The van der Waals surface area contributed by atoms with Crippen molar-refractivity contribution in [3.8, 4) is 0 Å². The maximum Gasteiger partial charge on any atom is 0.490 e. The number of rotatable bonds is 5. The van der Waals surface area contributed by atoms with Crippen molar-refractivity contribution in [2.75, 3.05) is 33.7 Å². The first-order valence-corrected chi connectivity index (χ1v) is 12.0. The highest BCUT2D eigenvalue weighted by Gasteiger charge is 2.38. The normalized spacial score (nSPS) is 13.9. The van der Waals surface area contributed by atoms with E-state index in [2.05, 4.69) is 43.0 Å². The zero-order chi connectivity index (χ0) is 29.3. The smallest absolute Gasteiger partial charge is 0.475 e. The zero-order valence-electron chi connectivity index (χ0n) is 20.9. The molecule has 8 nitrogen and oxygen atoms in total. The fourth-order valence-electron chi connectivity index (χ4n) is 3.34. The Morgan fingerprint density at radius 1 is 0.947 bits per heavy atom. The van der Waals surface area contributed by atoms with E-state index in [1.165, 1.54) is 21.0 Å². The van der Waals surface area contributed by atoms with Crippen molar-refractivity contribution in [1.82, 2.24) is 14.4 Å². The quantitative estimate of drug-likeness (QED) is 0.527. The summed E-state index contributed by atoms with van der Waals surface area (Å²) in [6, 6.07) is 8.23. The lowest BCUT2D eigenvalue weighted by atomic mass is 10.1. The molecule has 214 valence electrons. The molecular weight excluding hydrogens is 544 g/mol. The third-order valence-corrected chi connectivity index (χ3v) is 6.17. The van der Waals surface area contributed by atoms with Gasteiger partial charge in [-0.1, -0.05) is 6.07 Å². The highest BCUT2D eigenvalue weighted by atomic mass is 32.1. The van der Waals surface area contributed by atoms with Crippen LogP contribution in [0.5, 0.6) is 0 Å². The van der Waals surface area contributed by atoms with Crippen molar-refractivity contribution < 1.29 is 46.1 Å². The van der Waals surface area contributed by atoms with E-state index >= 15 is 0 Å². The molecule has 0 aromatic carbocycles. The van der Waals surface area contributed by atoms with E-state index in [-0.39, 0.29) is 5.56 Å². The summed E-state index contributed by atoms with van der Waals surface area (Å²) in [5, 5.41) is 14.2. The highest BCUT2D eigenvalue weighted by molar-refractivity contribution is 7.11. The van der Waals surface area contributed by atoms with Gasteiger partial charge in [-0.3, -0.25) is 9.69 Å². The number of alkyl halides is 6. The Bertz CT molecular complexity index is 1100. The molecule has 0 spiro atoms. The third kappa shape index (κ3) is 11.6. The first-order chi connectivity index (χ1) is 17.4. The lowest BCUT2D eigenvalue weighted by Crippen LogP contribution is -2.30. The summed E-state index contributed by atoms with van der Waals surface area (Å²) in [6.07, 6.45) is -8.18. The van der Waals surface area contributed by atoms with Crippen molar-refractivity contribution in [2.45, 2.75) is 45.2 Å². The number of aryl methyl sites for hydroxylation is 1. The van der Waals surface area contributed by atoms with E-state index in [9.17, 15) is 31.1 Å². The molecule has 38 heavy (non-hydrogen) atoms. The van der Waals surface area contributed by atoms with Gasteiger partial charge in [0.2, 0.25) is 0 Å². The molecule has 0 atom stereocenters. The summed E-state index contributed by atoms with van der Waals surface area (Å²) < 4.78 is 65.5. The van der Waals surface area contributed by atoms with Crippen molar-refractivity contribution in [1.29, 1.82) is 0 Å². The van der Waals surface area contributed by atoms with Crippen LogP contribution in [0.1, 0.15) is 21.0 Å². The van der Waals surface area contributed by atoms with Crippen LogP contribution in [-0.4, -0.2) is 82.6 Å². The van der Waals surface area contributed by atoms with Crippen LogP contribution in [0.3, 0.4) is 0 Å². The Kier molecular flexibility index (Phi) is 12.5. The van der Waals surface area contributed by atoms with Crippen LogP contribution in [0, 0.1) is 6.92 Å². The van der Waals surface area contributed by atoms with Gasteiger partial charge in [-0.15, -0.1) is 11.3 Å². The van der Waals surface area contributed by atoms with E-state index < -0.39 is 24.3 Å². The maximum atomic E-state index is 12.3. The van der Waals surface area contributed by atoms with Crippen molar-refractivity contribution in [2.24, 2.45) is 0 Å². The zero-order valence-corrected chi connectivity index (χ0v) is 21.7. The van der Waals surface area contributed by atoms with E-state index in [4.69, 9.17) is 19.8 Å². The van der Waals surface area contributed by atoms with Gasteiger partial charge < -0.3 is 19.7 Å². The van der Waals surface area contributed by atoms with Gasteiger partial charge in [0.05, 0.1) is 0 Å². The van der Waals surface area contributed by atoms with Gasteiger partial charge in [0.1, 0.15) is 0 Å². The molecule has 0 fully saturated rings. The SMILES string of the molecule is Cc1ccc(CN2CCc3ccc(=O)n(CCN(C)C)c3CC2)s1.O=C(O)C(F)(F)F.O=C(O)C(F)(F)F. The first-order valence-electron chi connectivity index (χ1n) is 11.2. The lowest BCUT2D eigenvalue weighted by Gasteiger charge is -2.19. The van der Waals surface area contributed by atoms with Crippen LogP contribution in [0.2, 0.25) is 0 Å². The Hall–Kier alpha value is -2.91. The van der Waals surface area contributed by atoms with E-state index in [1.54, 1.807) is 6.07 Å². The van der Waals surface area contributed by atoms with Crippen LogP contribution in [-0.2, 0) is 35.5 Å². The Balaban J connectivity index is 0.000000426. The number of carboxylic acids is 2. The number of fused-ring (bicyclic) bond motifs is 1. The molecule has 0 saturated heterocycles. The van der Waals surface area contributed by atoms with Gasteiger partial charge in [0, 0.05) is 60.7 Å². The molecule has 0 amide bonds. The number of halogens is 6. The summed E-state index contributed by atoms with van der Waals surface area (Å²) in [6.45, 7) is 6.95. The molecule has 15 heteroatoms. The second-order valence-electron chi connectivity index (χ2n) is 8.49. The molecule has 0 radical (unpaired) electrons. The molecule has 2 aromatic heterocycles. The summed E-state index contributed by atoms with van der Waals surface area (Å²) in [7, 11) is 4.11. The second kappa shape index (κ2) is 14.3. The van der Waals surface area contributed by atoms with Crippen molar-refractivity contribution in [3.05, 3.63) is 55.6 Å². The number of carbonyl (C=O) groups is 2. The van der Waals surface area contributed by atoms with E-state index in [0.717, 1.165) is 45.6 Å².